The van der Waals surface area contributed by atoms with Gasteiger partial charge in [0.05, 0.1) is 24.2 Å². The average molecular weight is 590 g/mol. The number of aromatic nitrogens is 1. The highest BCUT2D eigenvalue weighted by atomic mass is 16.7. The van der Waals surface area contributed by atoms with Crippen LogP contribution in [0.3, 0.4) is 0 Å². The van der Waals surface area contributed by atoms with Crippen LogP contribution in [0.15, 0.2) is 48.7 Å². The summed E-state index contributed by atoms with van der Waals surface area (Å²) >= 11 is 0. The number of carbonyl (C=O) groups excluding carboxylic acids is 4. The lowest BCUT2D eigenvalue weighted by atomic mass is 10.1. The van der Waals surface area contributed by atoms with Crippen molar-refractivity contribution in [1.82, 2.24) is 25.4 Å². The van der Waals surface area contributed by atoms with Crippen LogP contribution in [-0.2, 0) is 20.9 Å². The molecule has 0 radical (unpaired) electrons. The molecule has 2 aliphatic heterocycles. The van der Waals surface area contributed by atoms with E-state index in [-0.39, 0.29) is 19.9 Å². The first-order valence-corrected chi connectivity index (χ1v) is 14.2. The summed E-state index contributed by atoms with van der Waals surface area (Å²) in [6.45, 7) is 1.71. The van der Waals surface area contributed by atoms with Gasteiger partial charge in [-0.05, 0) is 75.3 Å². The molecule has 2 N–H and O–H groups in total. The third kappa shape index (κ3) is 7.20. The summed E-state index contributed by atoms with van der Waals surface area (Å²) < 4.78 is 16.5. The Kier molecular flexibility index (Phi) is 9.35. The Morgan fingerprint density at radius 2 is 1.88 bits per heavy atom. The molecule has 0 saturated carbocycles. The number of pyridine rings is 1. The number of hydrogen-bond donors (Lipinski definition) is 2. The topological polar surface area (TPSA) is 139 Å². The van der Waals surface area contributed by atoms with Crippen LogP contribution in [0.2, 0.25) is 0 Å². The average Bonchev–Trinajstić information content (AvgIpc) is 3.69. The number of benzene rings is 2. The van der Waals surface area contributed by atoms with Crippen LogP contribution in [0.5, 0.6) is 17.2 Å². The maximum absolute atomic E-state index is 13.1. The first-order chi connectivity index (χ1) is 20.8. The molecule has 1 atom stereocenters. The van der Waals surface area contributed by atoms with Crippen molar-refractivity contribution < 1.29 is 33.4 Å². The second kappa shape index (κ2) is 13.5. The second-order valence-corrected chi connectivity index (χ2v) is 10.7. The lowest BCUT2D eigenvalue weighted by Gasteiger charge is -2.23. The van der Waals surface area contributed by atoms with Crippen molar-refractivity contribution in [2.24, 2.45) is 0 Å². The zero-order valence-corrected chi connectivity index (χ0v) is 24.3. The molecule has 226 valence electrons. The van der Waals surface area contributed by atoms with Crippen molar-refractivity contribution >= 4 is 34.4 Å². The Balaban J connectivity index is 1.16. The van der Waals surface area contributed by atoms with Crippen molar-refractivity contribution in [3.8, 4) is 17.2 Å². The van der Waals surface area contributed by atoms with Crippen LogP contribution in [0.4, 0.5) is 0 Å². The first-order valence-electron chi connectivity index (χ1n) is 14.2. The van der Waals surface area contributed by atoms with E-state index in [2.05, 4.69) is 20.5 Å². The molecular formula is C31H35N5O7. The van der Waals surface area contributed by atoms with Crippen LogP contribution in [0.25, 0.3) is 10.9 Å². The molecule has 0 spiro atoms. The minimum absolute atomic E-state index is 0.126. The van der Waals surface area contributed by atoms with Gasteiger partial charge in [-0.3, -0.25) is 24.2 Å². The van der Waals surface area contributed by atoms with Gasteiger partial charge < -0.3 is 34.6 Å². The molecule has 1 aromatic heterocycles. The van der Waals surface area contributed by atoms with Gasteiger partial charge in [0.25, 0.3) is 11.8 Å². The first kappa shape index (κ1) is 29.8. The van der Waals surface area contributed by atoms with E-state index in [9.17, 15) is 19.2 Å². The lowest BCUT2D eigenvalue weighted by Crippen LogP contribution is -2.49. The zero-order valence-electron chi connectivity index (χ0n) is 24.3. The number of hydrogen-bond acceptors (Lipinski definition) is 9. The molecule has 1 saturated heterocycles. The molecule has 43 heavy (non-hydrogen) atoms. The molecule has 1 fully saturated rings. The maximum atomic E-state index is 13.1. The van der Waals surface area contributed by atoms with E-state index < -0.39 is 29.5 Å². The highest BCUT2D eigenvalue weighted by Crippen LogP contribution is 2.32. The molecule has 0 bridgehead atoms. The molecule has 5 rings (SSSR count). The summed E-state index contributed by atoms with van der Waals surface area (Å²) in [4.78, 5) is 59.7. The molecule has 12 heteroatoms. The molecule has 0 aliphatic carbocycles. The maximum Gasteiger partial charge on any atom is 0.289 e. The highest BCUT2D eigenvalue weighted by Gasteiger charge is 2.37. The Hall–Kier alpha value is -4.71. The molecule has 0 unspecified atom stereocenters. The monoisotopic (exact) mass is 589 g/mol. The quantitative estimate of drug-likeness (QED) is 0.240. The fraction of sp³-hybridized carbons (Fsp3) is 0.387. The summed E-state index contributed by atoms with van der Waals surface area (Å²) in [6.07, 6.45) is 3.35. The number of Topliss-reactive ketones (excluding diaryl/α,β-unsaturated/α-hetero) is 1. The molecule has 2 aliphatic rings. The van der Waals surface area contributed by atoms with Gasteiger partial charge in [-0.2, -0.15) is 0 Å². The smallest absolute Gasteiger partial charge is 0.289 e. The number of nitrogens with zero attached hydrogens (tertiary/aromatic N) is 3. The number of carbonyl (C=O) groups is 4. The summed E-state index contributed by atoms with van der Waals surface area (Å²) in [5.74, 6) is -0.507. The van der Waals surface area contributed by atoms with Gasteiger partial charge in [-0.15, -0.1) is 0 Å². The van der Waals surface area contributed by atoms with Gasteiger partial charge in [0.1, 0.15) is 11.8 Å². The van der Waals surface area contributed by atoms with E-state index in [0.29, 0.717) is 59.7 Å². The van der Waals surface area contributed by atoms with Gasteiger partial charge in [-0.25, -0.2) is 0 Å². The number of likely N-dealkylation sites (tertiary alicyclic amines) is 1. The van der Waals surface area contributed by atoms with Crippen molar-refractivity contribution in [2.75, 3.05) is 47.1 Å². The van der Waals surface area contributed by atoms with E-state index >= 15 is 0 Å². The third-order valence-electron chi connectivity index (χ3n) is 7.37. The standard InChI is InChI=1S/C31H35N5O7/c1-35(2)12-4-14-41-21-7-8-24-23(16-21)22(10-11-32-24)30(39)34-18-28(37)36-13-3-5-25(36)29(38)31(40)33-17-20-6-9-26-27(15-20)43-19-42-26/h6-11,15-16,25H,3-5,12-14,17-19H2,1-2H3,(H,33,40)(H,34,39)/t25-/m0/s1. The van der Waals surface area contributed by atoms with Gasteiger partial charge in [0.2, 0.25) is 18.5 Å². The van der Waals surface area contributed by atoms with E-state index in [1.165, 1.54) is 11.1 Å². The molecule has 3 heterocycles. The number of amides is 3. The largest absolute Gasteiger partial charge is 0.494 e. The predicted molar refractivity (Wildman–Crippen MR) is 157 cm³/mol. The van der Waals surface area contributed by atoms with Crippen molar-refractivity contribution in [3.63, 3.8) is 0 Å². The SMILES string of the molecule is CN(C)CCCOc1ccc2nccc(C(=O)NCC(=O)N3CCC[C@H]3C(=O)C(=O)NCc3ccc4c(c3)OCO4)c2c1. The highest BCUT2D eigenvalue weighted by molar-refractivity contribution is 6.38. The van der Waals surface area contributed by atoms with E-state index in [4.69, 9.17) is 14.2 Å². The minimum Gasteiger partial charge on any atom is -0.494 e. The Morgan fingerprint density at radius 3 is 2.72 bits per heavy atom. The van der Waals surface area contributed by atoms with Crippen LogP contribution < -0.4 is 24.8 Å². The van der Waals surface area contributed by atoms with Gasteiger partial charge >= 0.3 is 0 Å². The van der Waals surface area contributed by atoms with Crippen molar-refractivity contribution in [1.29, 1.82) is 0 Å². The fourth-order valence-electron chi connectivity index (χ4n) is 5.15. The van der Waals surface area contributed by atoms with Crippen LogP contribution >= 0.6 is 0 Å². The third-order valence-corrected chi connectivity index (χ3v) is 7.37. The summed E-state index contributed by atoms with van der Waals surface area (Å²) in [6, 6.07) is 11.3. The van der Waals surface area contributed by atoms with Crippen LogP contribution in [0, 0.1) is 0 Å². The summed E-state index contributed by atoms with van der Waals surface area (Å²) in [5.41, 5.74) is 1.73. The summed E-state index contributed by atoms with van der Waals surface area (Å²) in [5, 5.41) is 5.90. The summed E-state index contributed by atoms with van der Waals surface area (Å²) in [7, 11) is 4.00. The van der Waals surface area contributed by atoms with E-state index in [1.54, 1.807) is 36.4 Å². The van der Waals surface area contributed by atoms with Crippen LogP contribution in [-0.4, -0.2) is 91.5 Å². The molecular weight excluding hydrogens is 554 g/mol. The van der Waals surface area contributed by atoms with E-state index in [1.807, 2.05) is 20.2 Å². The van der Waals surface area contributed by atoms with Crippen LogP contribution in [0.1, 0.15) is 35.2 Å². The zero-order chi connectivity index (χ0) is 30.3. The molecule has 12 nitrogen and oxygen atoms in total. The normalized spacial score (nSPS) is 15.5. The second-order valence-electron chi connectivity index (χ2n) is 10.7. The number of fused-ring (bicyclic) bond motifs is 2. The number of ketones is 1. The number of rotatable bonds is 12. The fourth-order valence-corrected chi connectivity index (χ4v) is 5.15. The van der Waals surface area contributed by atoms with Crippen molar-refractivity contribution in [2.45, 2.75) is 31.8 Å². The van der Waals surface area contributed by atoms with Gasteiger partial charge in [0.15, 0.2) is 11.5 Å². The van der Waals surface area contributed by atoms with Gasteiger partial charge in [-0.1, -0.05) is 6.07 Å². The Morgan fingerprint density at radius 1 is 1.05 bits per heavy atom. The number of nitrogens with one attached hydrogen (secondary N) is 2. The predicted octanol–water partition coefficient (Wildman–Crippen LogP) is 1.90. The molecule has 2 aromatic carbocycles. The van der Waals surface area contributed by atoms with Gasteiger partial charge in [0, 0.05) is 31.2 Å². The Bertz CT molecular complexity index is 1530. The lowest BCUT2D eigenvalue weighted by molar-refractivity contribution is -0.144. The van der Waals surface area contributed by atoms with Crippen molar-refractivity contribution in [3.05, 3.63) is 59.8 Å². The Labute approximate surface area is 249 Å². The molecule has 3 aromatic rings. The molecule has 3 amide bonds. The minimum atomic E-state index is -0.880. The van der Waals surface area contributed by atoms with E-state index in [0.717, 1.165) is 18.5 Å². The number of ether oxygens (including phenoxy) is 3.